The number of pyridine rings is 1. The van der Waals surface area contributed by atoms with Gasteiger partial charge in [-0.3, -0.25) is 13.3 Å². The van der Waals surface area contributed by atoms with Crippen molar-refractivity contribution in [1.82, 2.24) is 14.9 Å². The van der Waals surface area contributed by atoms with E-state index in [-0.39, 0.29) is 24.4 Å². The number of aromatic nitrogens is 2. The molecule has 1 saturated heterocycles. The zero-order valence-corrected chi connectivity index (χ0v) is 21.1. The molecule has 186 valence electrons. The van der Waals surface area contributed by atoms with Gasteiger partial charge in [-0.25, -0.2) is 14.8 Å². The number of anilines is 3. The molecule has 3 atom stereocenters. The molecule has 1 aliphatic heterocycles. The van der Waals surface area contributed by atoms with Gasteiger partial charge in [-0.2, -0.15) is 0 Å². The van der Waals surface area contributed by atoms with E-state index in [1.165, 1.54) is 17.3 Å². The van der Waals surface area contributed by atoms with Crippen LogP contribution < -0.4 is 14.9 Å². The van der Waals surface area contributed by atoms with Crippen molar-refractivity contribution in [3.8, 4) is 0 Å². The highest BCUT2D eigenvalue weighted by Crippen LogP contribution is 2.34. The Morgan fingerprint density at radius 2 is 2.17 bits per heavy atom. The number of likely N-dealkylation sites (tertiary alicyclic amines) is 1. The predicted octanol–water partition coefficient (Wildman–Crippen LogP) is 1.89. The van der Waals surface area contributed by atoms with Gasteiger partial charge < -0.3 is 25.2 Å². The summed E-state index contributed by atoms with van der Waals surface area (Å²) >= 11 is 4.77. The lowest BCUT2D eigenvalue weighted by Gasteiger charge is -2.30. The number of nitrogen functional groups attached to an aromatic ring is 1. The number of carbonyl (C=O) groups excluding carboxylic acids is 1. The molecule has 0 saturated carbocycles. The summed E-state index contributed by atoms with van der Waals surface area (Å²) in [6.45, 7) is 0.0789. The standard InChI is InChI=1S/C21H23ClN6O5S2/c1-26(2)21-25-10-17(34-21)28(35(32)33)15-4-6-27(19(15)29)16(20(30)31)8-12-7-11-3-5-24-18(23)13(11)9-14(12)22/h3,5,7,9-10,15-16H,4,6,8H2,1-2H3,(H2,23,24)(H,30,31)(H,32,33)/p-1/t15-,16+/m0/s1. The molecule has 0 radical (unpaired) electrons. The van der Waals surface area contributed by atoms with E-state index in [4.69, 9.17) is 17.3 Å². The van der Waals surface area contributed by atoms with Crippen LogP contribution in [0.5, 0.6) is 0 Å². The fraction of sp³-hybridized carbons (Fsp3) is 0.333. The maximum atomic E-state index is 13.3. The summed E-state index contributed by atoms with van der Waals surface area (Å²) in [4.78, 5) is 36.6. The second kappa shape index (κ2) is 9.93. The molecule has 3 heterocycles. The van der Waals surface area contributed by atoms with Crippen LogP contribution in [0.4, 0.5) is 16.0 Å². The Bertz CT molecular complexity index is 1320. The molecule has 1 amide bonds. The smallest absolute Gasteiger partial charge is 0.326 e. The summed E-state index contributed by atoms with van der Waals surface area (Å²) in [7, 11) is 3.54. The first-order chi connectivity index (χ1) is 16.6. The van der Waals surface area contributed by atoms with Crippen molar-refractivity contribution in [2.24, 2.45) is 0 Å². The van der Waals surface area contributed by atoms with E-state index >= 15 is 0 Å². The molecule has 11 nitrogen and oxygen atoms in total. The number of fused-ring (bicyclic) bond motifs is 1. The molecule has 35 heavy (non-hydrogen) atoms. The summed E-state index contributed by atoms with van der Waals surface area (Å²) in [5.41, 5.74) is 6.42. The number of hydrogen-bond acceptors (Lipinski definition) is 9. The molecule has 4 rings (SSSR count). The van der Waals surface area contributed by atoms with Gasteiger partial charge in [-0.15, -0.1) is 0 Å². The number of hydrogen-bond donors (Lipinski definition) is 2. The van der Waals surface area contributed by atoms with Crippen LogP contribution in [0.1, 0.15) is 12.0 Å². The van der Waals surface area contributed by atoms with Crippen LogP contribution >= 0.6 is 22.9 Å². The minimum Gasteiger partial charge on any atom is -0.755 e. The average molecular weight is 538 g/mol. The Morgan fingerprint density at radius 3 is 2.80 bits per heavy atom. The lowest BCUT2D eigenvalue weighted by molar-refractivity contribution is -0.148. The van der Waals surface area contributed by atoms with E-state index < -0.39 is 35.2 Å². The second-order valence-corrected chi connectivity index (χ2v) is 10.4. The van der Waals surface area contributed by atoms with Crippen LogP contribution in [0, 0.1) is 0 Å². The monoisotopic (exact) mass is 537 g/mol. The van der Waals surface area contributed by atoms with E-state index in [1.807, 2.05) is 0 Å². The van der Waals surface area contributed by atoms with Crippen LogP contribution in [0.25, 0.3) is 10.8 Å². The number of nitrogens with two attached hydrogens (primary N) is 1. The van der Waals surface area contributed by atoms with Crippen LogP contribution in [-0.2, 0) is 27.3 Å². The van der Waals surface area contributed by atoms with Crippen molar-refractivity contribution in [2.75, 3.05) is 35.6 Å². The van der Waals surface area contributed by atoms with E-state index in [2.05, 4.69) is 9.97 Å². The SMILES string of the molecule is CN(C)c1ncc(N([C@H]2CCN([C@H](Cc3cc4ccnc(N)c4cc3Cl)C(=O)O)C2=O)S(=O)[O-])s1. The van der Waals surface area contributed by atoms with Crippen LogP contribution in [0.15, 0.2) is 30.6 Å². The minimum absolute atomic E-state index is 0.0589. The van der Waals surface area contributed by atoms with Gasteiger partial charge in [0.05, 0.1) is 6.20 Å². The number of thiazole rings is 1. The fourth-order valence-electron chi connectivity index (χ4n) is 4.07. The third-order valence-electron chi connectivity index (χ3n) is 5.77. The molecule has 1 aromatic carbocycles. The maximum Gasteiger partial charge on any atom is 0.326 e. The lowest BCUT2D eigenvalue weighted by Crippen LogP contribution is -2.48. The Hall–Kier alpha value is -3.00. The fourth-order valence-corrected chi connectivity index (χ4v) is 6.00. The first-order valence-corrected chi connectivity index (χ1v) is 12.7. The number of carbonyl (C=O) groups is 2. The molecule has 2 aromatic heterocycles. The topological polar surface area (TPSA) is 156 Å². The molecule has 1 unspecified atom stereocenters. The van der Waals surface area contributed by atoms with Gasteiger partial charge in [0.25, 0.3) is 0 Å². The molecule has 0 spiro atoms. The Kier molecular flexibility index (Phi) is 7.12. The molecule has 1 aliphatic rings. The molecule has 3 aromatic rings. The zero-order chi connectivity index (χ0) is 25.4. The predicted molar refractivity (Wildman–Crippen MR) is 134 cm³/mol. The number of carboxylic acid groups (broad SMARTS) is 1. The molecular weight excluding hydrogens is 516 g/mol. The van der Waals surface area contributed by atoms with E-state index in [0.29, 0.717) is 26.9 Å². The highest BCUT2D eigenvalue weighted by atomic mass is 35.5. The molecule has 3 N–H and O–H groups in total. The summed E-state index contributed by atoms with van der Waals surface area (Å²) in [6, 6.07) is 2.78. The van der Waals surface area contributed by atoms with Gasteiger partial charge in [0.1, 0.15) is 22.9 Å². The van der Waals surface area contributed by atoms with Crippen molar-refractivity contribution < 1.29 is 23.5 Å². The second-order valence-electron chi connectivity index (χ2n) is 8.17. The molecule has 0 aliphatic carbocycles. The number of nitrogens with zero attached hydrogens (tertiary/aromatic N) is 5. The molecule has 0 bridgehead atoms. The summed E-state index contributed by atoms with van der Waals surface area (Å²) in [5, 5.41) is 12.5. The summed E-state index contributed by atoms with van der Waals surface area (Å²) in [5.74, 6) is -1.51. The van der Waals surface area contributed by atoms with Crippen molar-refractivity contribution in [1.29, 1.82) is 0 Å². The number of benzene rings is 1. The van der Waals surface area contributed by atoms with E-state index in [0.717, 1.165) is 21.0 Å². The number of aliphatic carboxylic acids is 1. The van der Waals surface area contributed by atoms with Gasteiger partial charge in [-0.1, -0.05) is 22.9 Å². The van der Waals surface area contributed by atoms with Gasteiger partial charge in [0.2, 0.25) is 5.91 Å². The first kappa shape index (κ1) is 25.1. The van der Waals surface area contributed by atoms with Crippen molar-refractivity contribution >= 4 is 72.8 Å². The maximum absolute atomic E-state index is 13.3. The largest absolute Gasteiger partial charge is 0.755 e. The first-order valence-electron chi connectivity index (χ1n) is 10.5. The van der Waals surface area contributed by atoms with Gasteiger partial charge in [0, 0.05) is 54.9 Å². The number of carboxylic acids is 1. The van der Waals surface area contributed by atoms with Gasteiger partial charge >= 0.3 is 5.97 Å². The number of halogens is 1. The van der Waals surface area contributed by atoms with Crippen LogP contribution in [0.2, 0.25) is 5.02 Å². The Labute approximate surface area is 212 Å². The highest BCUT2D eigenvalue weighted by molar-refractivity contribution is 7.81. The summed E-state index contributed by atoms with van der Waals surface area (Å²) < 4.78 is 25.1. The Morgan fingerprint density at radius 1 is 1.43 bits per heavy atom. The minimum atomic E-state index is -2.76. The third-order valence-corrected chi connectivity index (χ3v) is 8.18. The zero-order valence-electron chi connectivity index (χ0n) is 18.8. The normalized spacial score (nSPS) is 17.5. The number of rotatable bonds is 8. The van der Waals surface area contributed by atoms with Crippen LogP contribution in [0.3, 0.4) is 0 Å². The Balaban J connectivity index is 1.61. The van der Waals surface area contributed by atoms with Gasteiger partial charge in [0.15, 0.2) is 5.13 Å². The van der Waals surface area contributed by atoms with Crippen molar-refractivity contribution in [3.63, 3.8) is 0 Å². The lowest BCUT2D eigenvalue weighted by atomic mass is 10.0. The molecular formula is C21H22ClN6O5S2-. The summed E-state index contributed by atoms with van der Waals surface area (Å²) in [6.07, 6.45) is 3.00. The van der Waals surface area contributed by atoms with Crippen molar-refractivity contribution in [2.45, 2.75) is 24.9 Å². The van der Waals surface area contributed by atoms with Crippen LogP contribution in [-0.4, -0.2) is 73.3 Å². The highest BCUT2D eigenvalue weighted by Gasteiger charge is 2.43. The molecule has 14 heteroatoms. The average Bonchev–Trinajstić information content (AvgIpc) is 3.41. The quantitative estimate of drug-likeness (QED) is 0.409. The third kappa shape index (κ3) is 4.89. The van der Waals surface area contributed by atoms with E-state index in [1.54, 1.807) is 37.2 Å². The van der Waals surface area contributed by atoms with Gasteiger partial charge in [-0.05, 0) is 35.6 Å². The van der Waals surface area contributed by atoms with E-state index in [9.17, 15) is 23.5 Å². The van der Waals surface area contributed by atoms with Crippen molar-refractivity contribution in [3.05, 3.63) is 41.2 Å². The number of amides is 1. The molecule has 1 fully saturated rings.